The molecular formula is C12H8Cl2N. The second-order valence-corrected chi connectivity index (χ2v) is 3.96. The molecule has 1 heterocycles. The monoisotopic (exact) mass is 236 g/mol. The van der Waals surface area contributed by atoms with Crippen molar-refractivity contribution in [2.45, 2.75) is 6.92 Å². The molecule has 15 heavy (non-hydrogen) atoms. The molecule has 0 aliphatic carbocycles. The van der Waals surface area contributed by atoms with Crippen LogP contribution < -0.4 is 0 Å². The minimum atomic E-state index is 0.440. The molecular weight excluding hydrogens is 229 g/mol. The summed E-state index contributed by atoms with van der Waals surface area (Å²) in [4.78, 5) is 4.21. The Morgan fingerprint density at radius 1 is 1.20 bits per heavy atom. The molecule has 2 rings (SSSR count). The molecule has 1 aromatic heterocycles. The third-order valence-electron chi connectivity index (χ3n) is 2.11. The third kappa shape index (κ3) is 2.14. The molecule has 1 nitrogen and oxygen atoms in total. The zero-order chi connectivity index (χ0) is 10.8. The Hall–Kier alpha value is -1.05. The summed E-state index contributed by atoms with van der Waals surface area (Å²) in [5.74, 6) is 0. The second-order valence-electron chi connectivity index (χ2n) is 3.21. The van der Waals surface area contributed by atoms with Crippen LogP contribution in [-0.2, 0) is 0 Å². The van der Waals surface area contributed by atoms with Crippen molar-refractivity contribution in [3.8, 4) is 11.1 Å². The molecule has 0 aliphatic heterocycles. The summed E-state index contributed by atoms with van der Waals surface area (Å²) in [6.45, 7) is 1.94. The molecule has 75 valence electrons. The van der Waals surface area contributed by atoms with Crippen molar-refractivity contribution in [2.24, 2.45) is 0 Å². The van der Waals surface area contributed by atoms with Crippen molar-refractivity contribution in [3.05, 3.63) is 52.3 Å². The highest BCUT2D eigenvalue weighted by molar-refractivity contribution is 6.43. The van der Waals surface area contributed by atoms with Gasteiger partial charge in [-0.25, -0.2) is 0 Å². The first-order valence-corrected chi connectivity index (χ1v) is 5.23. The van der Waals surface area contributed by atoms with Gasteiger partial charge in [0.25, 0.3) is 0 Å². The summed E-state index contributed by atoms with van der Waals surface area (Å²) in [7, 11) is 0. The molecule has 0 amide bonds. The average molecular weight is 237 g/mol. The molecule has 0 aliphatic rings. The average Bonchev–Trinajstić information content (AvgIpc) is 2.24. The van der Waals surface area contributed by atoms with Crippen LogP contribution in [0.25, 0.3) is 11.1 Å². The van der Waals surface area contributed by atoms with Gasteiger partial charge < -0.3 is 0 Å². The van der Waals surface area contributed by atoms with Crippen LogP contribution in [0.2, 0.25) is 10.0 Å². The topological polar surface area (TPSA) is 12.9 Å². The van der Waals surface area contributed by atoms with E-state index in [1.807, 2.05) is 25.1 Å². The van der Waals surface area contributed by atoms with Crippen molar-refractivity contribution in [2.75, 3.05) is 0 Å². The maximum absolute atomic E-state index is 6.08. The van der Waals surface area contributed by atoms with Crippen LogP contribution in [-0.4, -0.2) is 4.98 Å². The van der Waals surface area contributed by atoms with Gasteiger partial charge in [0.1, 0.15) is 0 Å². The molecule has 3 heteroatoms. The minimum Gasteiger partial charge on any atom is -0.261 e. The van der Waals surface area contributed by atoms with E-state index in [0.717, 1.165) is 16.8 Å². The lowest BCUT2D eigenvalue weighted by Gasteiger charge is -2.05. The van der Waals surface area contributed by atoms with Crippen LogP contribution in [0.4, 0.5) is 0 Å². The first kappa shape index (κ1) is 10.5. The summed E-state index contributed by atoms with van der Waals surface area (Å²) in [5.41, 5.74) is 2.82. The van der Waals surface area contributed by atoms with E-state index in [1.165, 1.54) is 0 Å². The number of pyridine rings is 1. The molecule has 0 unspecified atom stereocenters. The first-order valence-electron chi connectivity index (χ1n) is 4.47. The van der Waals surface area contributed by atoms with Crippen LogP contribution in [0.5, 0.6) is 0 Å². The highest BCUT2D eigenvalue weighted by Gasteiger charge is 2.06. The lowest BCUT2D eigenvalue weighted by molar-refractivity contribution is 1.20. The van der Waals surface area contributed by atoms with E-state index < -0.39 is 0 Å². The van der Waals surface area contributed by atoms with Gasteiger partial charge in [0.05, 0.1) is 10.0 Å². The van der Waals surface area contributed by atoms with Gasteiger partial charge in [0, 0.05) is 29.1 Å². The molecule has 0 N–H and O–H groups in total. The summed E-state index contributed by atoms with van der Waals surface area (Å²) in [6.07, 6.45) is 1.78. The number of hydrogen-bond donors (Lipinski definition) is 0. The number of hydrogen-bond acceptors (Lipinski definition) is 1. The minimum absolute atomic E-state index is 0.440. The van der Waals surface area contributed by atoms with E-state index in [2.05, 4.69) is 11.1 Å². The van der Waals surface area contributed by atoms with Gasteiger partial charge in [0.15, 0.2) is 0 Å². The Morgan fingerprint density at radius 3 is 2.67 bits per heavy atom. The Bertz CT molecular complexity index is 477. The number of aromatic nitrogens is 1. The number of aryl methyl sites for hydroxylation is 1. The molecule has 0 bridgehead atoms. The van der Waals surface area contributed by atoms with E-state index in [1.54, 1.807) is 12.3 Å². The van der Waals surface area contributed by atoms with Crippen LogP contribution in [0.15, 0.2) is 30.5 Å². The van der Waals surface area contributed by atoms with Gasteiger partial charge in [0.2, 0.25) is 0 Å². The maximum Gasteiger partial charge on any atom is 0.0677 e. The first-order chi connectivity index (χ1) is 7.18. The molecule has 1 radical (unpaired) electrons. The predicted molar refractivity (Wildman–Crippen MR) is 63.3 cm³/mol. The standard InChI is InChI=1S/C12H8Cl2N/c1-8-5-6-9(7-15-8)10-3-2-4-11(13)12(10)14/h2-3,5-7H,1H3. The SMILES string of the molecule is Cc1ccc(-c2cc[c]c(Cl)c2Cl)cn1. The smallest absolute Gasteiger partial charge is 0.0677 e. The largest absolute Gasteiger partial charge is 0.261 e. The molecule has 2 aromatic rings. The van der Waals surface area contributed by atoms with Gasteiger partial charge in [-0.1, -0.05) is 41.4 Å². The lowest BCUT2D eigenvalue weighted by atomic mass is 10.1. The zero-order valence-electron chi connectivity index (χ0n) is 8.09. The van der Waals surface area contributed by atoms with Crippen LogP contribution in [0, 0.1) is 13.0 Å². The fourth-order valence-corrected chi connectivity index (χ4v) is 1.69. The molecule has 0 spiro atoms. The van der Waals surface area contributed by atoms with E-state index in [-0.39, 0.29) is 0 Å². The summed E-state index contributed by atoms with van der Waals surface area (Å²) < 4.78 is 0. The Labute approximate surface area is 98.7 Å². The highest BCUT2D eigenvalue weighted by atomic mass is 35.5. The van der Waals surface area contributed by atoms with Crippen molar-refractivity contribution in [1.82, 2.24) is 4.98 Å². The van der Waals surface area contributed by atoms with E-state index in [0.29, 0.717) is 10.0 Å². The van der Waals surface area contributed by atoms with Crippen LogP contribution >= 0.6 is 23.2 Å². The van der Waals surface area contributed by atoms with Crippen molar-refractivity contribution in [3.63, 3.8) is 0 Å². The maximum atomic E-state index is 6.08. The number of benzene rings is 1. The quantitative estimate of drug-likeness (QED) is 0.725. The number of rotatable bonds is 1. The molecule has 0 saturated heterocycles. The summed E-state index contributed by atoms with van der Waals surface area (Å²) >= 11 is 12.0. The summed E-state index contributed by atoms with van der Waals surface area (Å²) in [5, 5.41) is 0.958. The third-order valence-corrected chi connectivity index (χ3v) is 2.90. The molecule has 0 fully saturated rings. The fourth-order valence-electron chi connectivity index (χ4n) is 1.30. The van der Waals surface area contributed by atoms with Crippen molar-refractivity contribution >= 4 is 23.2 Å². The van der Waals surface area contributed by atoms with Crippen LogP contribution in [0.1, 0.15) is 5.69 Å². The van der Waals surface area contributed by atoms with Crippen LogP contribution in [0.3, 0.4) is 0 Å². The van der Waals surface area contributed by atoms with Gasteiger partial charge in [-0.15, -0.1) is 0 Å². The van der Waals surface area contributed by atoms with Gasteiger partial charge in [-0.2, -0.15) is 0 Å². The van der Waals surface area contributed by atoms with Gasteiger partial charge in [-0.05, 0) is 13.0 Å². The number of nitrogens with zero attached hydrogens (tertiary/aromatic N) is 1. The Morgan fingerprint density at radius 2 is 2.00 bits per heavy atom. The van der Waals surface area contributed by atoms with Crippen molar-refractivity contribution < 1.29 is 0 Å². The van der Waals surface area contributed by atoms with Gasteiger partial charge >= 0.3 is 0 Å². The second kappa shape index (κ2) is 4.21. The van der Waals surface area contributed by atoms with E-state index >= 15 is 0 Å². The molecule has 0 saturated carbocycles. The van der Waals surface area contributed by atoms with E-state index in [4.69, 9.17) is 23.2 Å². The van der Waals surface area contributed by atoms with Crippen molar-refractivity contribution in [1.29, 1.82) is 0 Å². The predicted octanol–water partition coefficient (Wildman–Crippen LogP) is 4.16. The zero-order valence-corrected chi connectivity index (χ0v) is 9.60. The molecule has 0 atom stereocenters. The Balaban J connectivity index is 2.54. The normalized spacial score (nSPS) is 10.3. The molecule has 1 aromatic carbocycles. The number of halogens is 2. The van der Waals surface area contributed by atoms with E-state index in [9.17, 15) is 0 Å². The summed E-state index contributed by atoms with van der Waals surface area (Å²) in [6, 6.07) is 10.4. The van der Waals surface area contributed by atoms with Gasteiger partial charge in [-0.3, -0.25) is 4.98 Å². The Kier molecular flexibility index (Phi) is 2.94. The fraction of sp³-hybridized carbons (Fsp3) is 0.0833. The lowest BCUT2D eigenvalue weighted by Crippen LogP contribution is -1.84. The highest BCUT2D eigenvalue weighted by Crippen LogP contribution is 2.32.